The lowest BCUT2D eigenvalue weighted by Crippen LogP contribution is -2.03. The highest BCUT2D eigenvalue weighted by atomic mass is 16.6. The number of hydrogen-bond acceptors (Lipinski definition) is 3. The summed E-state index contributed by atoms with van der Waals surface area (Å²) in [6, 6.07) is 0. The average Bonchev–Trinajstić information content (AvgIpc) is 1.87. The van der Waals surface area contributed by atoms with Crippen LogP contribution in [0.4, 0.5) is 0 Å². The van der Waals surface area contributed by atoms with Crippen molar-refractivity contribution in [3.63, 3.8) is 0 Å². The van der Waals surface area contributed by atoms with Crippen molar-refractivity contribution in [1.29, 1.82) is 0 Å². The lowest BCUT2D eigenvalue weighted by Gasteiger charge is -1.98. The first kappa shape index (κ1) is 7.75. The van der Waals surface area contributed by atoms with Crippen molar-refractivity contribution in [3.05, 3.63) is 25.2 Å². The van der Waals surface area contributed by atoms with E-state index in [0.717, 1.165) is 6.26 Å². The summed E-state index contributed by atoms with van der Waals surface area (Å²) in [6.45, 7) is 6.47. The van der Waals surface area contributed by atoms with Crippen LogP contribution in [0.1, 0.15) is 0 Å². The first-order valence-corrected chi connectivity index (χ1v) is 2.27. The van der Waals surface area contributed by atoms with Crippen molar-refractivity contribution in [2.75, 3.05) is 7.11 Å². The van der Waals surface area contributed by atoms with Crippen LogP contribution in [-0.2, 0) is 14.3 Å². The minimum Gasteiger partial charge on any atom is -0.463 e. The summed E-state index contributed by atoms with van der Waals surface area (Å²) in [4.78, 5) is 10.4. The minimum atomic E-state index is -0.588. The molecule has 0 saturated carbocycles. The molecule has 0 radical (unpaired) electrons. The van der Waals surface area contributed by atoms with E-state index in [-0.39, 0.29) is 5.76 Å². The summed E-state index contributed by atoms with van der Waals surface area (Å²) in [7, 11) is 1.25. The van der Waals surface area contributed by atoms with E-state index in [1.165, 1.54) is 7.11 Å². The molecule has 0 bridgehead atoms. The van der Waals surface area contributed by atoms with E-state index in [0.29, 0.717) is 0 Å². The summed E-state index contributed by atoms with van der Waals surface area (Å²) < 4.78 is 8.74. The Hall–Kier alpha value is -1.25. The third kappa shape index (κ3) is 2.54. The van der Waals surface area contributed by atoms with E-state index >= 15 is 0 Å². The molecule has 0 aromatic heterocycles. The maximum absolute atomic E-state index is 10.4. The van der Waals surface area contributed by atoms with Gasteiger partial charge >= 0.3 is 5.97 Å². The fourth-order valence-corrected chi connectivity index (χ4v) is 0.263. The second-order valence-electron chi connectivity index (χ2n) is 1.20. The smallest absolute Gasteiger partial charge is 0.373 e. The Labute approximate surface area is 53.6 Å². The predicted octanol–water partition coefficient (Wildman–Crippen LogP) is 0.833. The van der Waals surface area contributed by atoms with Gasteiger partial charge < -0.3 is 9.47 Å². The molecule has 0 aliphatic carbocycles. The number of carbonyl (C=O) groups excluding carboxylic acids is 1. The molecule has 9 heavy (non-hydrogen) atoms. The number of esters is 1. The van der Waals surface area contributed by atoms with Gasteiger partial charge in [0.25, 0.3) is 0 Å². The highest BCUT2D eigenvalue weighted by Crippen LogP contribution is 1.94. The molecule has 3 heteroatoms. The molecule has 0 atom stereocenters. The van der Waals surface area contributed by atoms with E-state index in [2.05, 4.69) is 22.6 Å². The summed E-state index contributed by atoms with van der Waals surface area (Å²) >= 11 is 0. The molecule has 0 unspecified atom stereocenters. The molecule has 0 rings (SSSR count). The third-order valence-corrected chi connectivity index (χ3v) is 0.639. The molecule has 0 fully saturated rings. The lowest BCUT2D eigenvalue weighted by molar-refractivity contribution is -0.139. The van der Waals surface area contributed by atoms with Crippen molar-refractivity contribution in [2.45, 2.75) is 0 Å². The van der Waals surface area contributed by atoms with Gasteiger partial charge in [-0.2, -0.15) is 0 Å². The van der Waals surface area contributed by atoms with Crippen molar-refractivity contribution >= 4 is 5.97 Å². The van der Waals surface area contributed by atoms with Crippen LogP contribution in [0.3, 0.4) is 0 Å². The Kier molecular flexibility index (Phi) is 3.20. The SMILES string of the molecule is C=COC(=C)C(=O)OC. The molecule has 0 amide bonds. The molecular formula is C6H8O3. The van der Waals surface area contributed by atoms with Crippen LogP contribution in [0.2, 0.25) is 0 Å². The van der Waals surface area contributed by atoms with Gasteiger partial charge in [0.1, 0.15) is 0 Å². The zero-order chi connectivity index (χ0) is 7.28. The van der Waals surface area contributed by atoms with Crippen LogP contribution in [0.5, 0.6) is 0 Å². The van der Waals surface area contributed by atoms with Gasteiger partial charge in [0.05, 0.1) is 13.4 Å². The Balaban J connectivity index is 3.73. The molecule has 0 aromatic carbocycles. The van der Waals surface area contributed by atoms with Gasteiger partial charge in [-0.05, 0) is 6.58 Å². The van der Waals surface area contributed by atoms with E-state index in [4.69, 9.17) is 0 Å². The van der Waals surface area contributed by atoms with Crippen molar-refractivity contribution < 1.29 is 14.3 Å². The van der Waals surface area contributed by atoms with Gasteiger partial charge in [-0.15, -0.1) is 0 Å². The standard InChI is InChI=1S/C6H8O3/c1-4-9-5(2)6(7)8-3/h4H,1-2H2,3H3. The Morgan fingerprint density at radius 1 is 1.67 bits per heavy atom. The van der Waals surface area contributed by atoms with E-state index in [1.54, 1.807) is 0 Å². The highest BCUT2D eigenvalue weighted by Gasteiger charge is 2.04. The predicted molar refractivity (Wildman–Crippen MR) is 32.4 cm³/mol. The Bertz CT molecular complexity index is 137. The summed E-state index contributed by atoms with van der Waals surface area (Å²) in [5.41, 5.74) is 0. The van der Waals surface area contributed by atoms with Gasteiger partial charge in [0.15, 0.2) is 0 Å². The summed E-state index contributed by atoms with van der Waals surface area (Å²) in [6.07, 6.45) is 1.11. The topological polar surface area (TPSA) is 35.5 Å². The first-order valence-electron chi connectivity index (χ1n) is 2.27. The second kappa shape index (κ2) is 3.72. The van der Waals surface area contributed by atoms with Crippen LogP contribution < -0.4 is 0 Å². The molecule has 50 valence electrons. The van der Waals surface area contributed by atoms with Crippen LogP contribution in [0, 0.1) is 0 Å². The summed E-state index contributed by atoms with van der Waals surface area (Å²) in [5.74, 6) is -0.651. The first-order chi connectivity index (χ1) is 4.22. The molecule has 0 heterocycles. The van der Waals surface area contributed by atoms with Crippen LogP contribution in [0.25, 0.3) is 0 Å². The van der Waals surface area contributed by atoms with E-state index < -0.39 is 5.97 Å². The van der Waals surface area contributed by atoms with Crippen LogP contribution >= 0.6 is 0 Å². The maximum Gasteiger partial charge on any atom is 0.373 e. The molecule has 3 nitrogen and oxygen atoms in total. The number of hydrogen-bond donors (Lipinski definition) is 0. The highest BCUT2D eigenvalue weighted by molar-refractivity contribution is 5.85. The number of rotatable bonds is 3. The molecule has 0 aliphatic rings. The van der Waals surface area contributed by atoms with Gasteiger partial charge in [0.2, 0.25) is 5.76 Å². The van der Waals surface area contributed by atoms with Gasteiger partial charge in [-0.25, -0.2) is 4.79 Å². The molecular weight excluding hydrogens is 120 g/mol. The van der Waals surface area contributed by atoms with Crippen molar-refractivity contribution in [1.82, 2.24) is 0 Å². The van der Waals surface area contributed by atoms with Crippen molar-refractivity contribution in [3.8, 4) is 0 Å². The Morgan fingerprint density at radius 3 is 2.56 bits per heavy atom. The minimum absolute atomic E-state index is 0.0625. The van der Waals surface area contributed by atoms with Gasteiger partial charge in [-0.1, -0.05) is 6.58 Å². The Morgan fingerprint density at radius 2 is 2.22 bits per heavy atom. The summed E-state index contributed by atoms with van der Waals surface area (Å²) in [5, 5.41) is 0. The van der Waals surface area contributed by atoms with Crippen LogP contribution in [0.15, 0.2) is 25.2 Å². The molecule has 0 spiro atoms. The second-order valence-corrected chi connectivity index (χ2v) is 1.20. The van der Waals surface area contributed by atoms with E-state index in [1.807, 2.05) is 0 Å². The molecule has 0 aliphatic heterocycles. The normalized spacial score (nSPS) is 7.67. The number of methoxy groups -OCH3 is 1. The zero-order valence-corrected chi connectivity index (χ0v) is 5.22. The van der Waals surface area contributed by atoms with E-state index in [9.17, 15) is 4.79 Å². The molecule has 0 N–H and O–H groups in total. The third-order valence-electron chi connectivity index (χ3n) is 0.639. The molecule has 0 aromatic rings. The monoisotopic (exact) mass is 128 g/mol. The van der Waals surface area contributed by atoms with Crippen molar-refractivity contribution in [2.24, 2.45) is 0 Å². The lowest BCUT2D eigenvalue weighted by atomic mass is 10.6. The zero-order valence-electron chi connectivity index (χ0n) is 5.22. The number of ether oxygens (including phenoxy) is 2. The largest absolute Gasteiger partial charge is 0.463 e. The number of carbonyl (C=O) groups is 1. The quantitative estimate of drug-likeness (QED) is 0.321. The molecule has 0 saturated heterocycles. The average molecular weight is 128 g/mol. The fraction of sp³-hybridized carbons (Fsp3) is 0.167. The fourth-order valence-electron chi connectivity index (χ4n) is 0.263. The maximum atomic E-state index is 10.4. The van der Waals surface area contributed by atoms with Gasteiger partial charge in [0, 0.05) is 0 Å². The van der Waals surface area contributed by atoms with Gasteiger partial charge in [-0.3, -0.25) is 0 Å². The van der Waals surface area contributed by atoms with Crippen LogP contribution in [-0.4, -0.2) is 13.1 Å².